The molecule has 3 rings (SSSR count). The van der Waals surface area contributed by atoms with Gasteiger partial charge in [-0.25, -0.2) is 4.79 Å². The van der Waals surface area contributed by atoms with Crippen molar-refractivity contribution < 1.29 is 19.1 Å². The predicted molar refractivity (Wildman–Crippen MR) is 140 cm³/mol. The summed E-state index contributed by atoms with van der Waals surface area (Å²) in [7, 11) is 0. The van der Waals surface area contributed by atoms with Gasteiger partial charge in [0.2, 0.25) is 5.78 Å². The standard InChI is InChI=1S/C29H39N3O4/c1-5-6-17-24(26(33)27(34)30-21(2)23-15-11-8-12-16-23)31-28(35)36-25-19-32(20-29(25,3)4)18-22-13-9-7-10-14-22/h7-16,21,24-25H,5-6,17-20H2,1-4H3,(H,30,34)(H,31,35)/t21-,24?,25-/m1/s1. The Labute approximate surface area is 214 Å². The minimum absolute atomic E-state index is 0.239. The van der Waals surface area contributed by atoms with Crippen molar-refractivity contribution in [1.29, 1.82) is 0 Å². The monoisotopic (exact) mass is 493 g/mol. The molecule has 1 aliphatic heterocycles. The van der Waals surface area contributed by atoms with Gasteiger partial charge in [-0.05, 0) is 24.5 Å². The molecule has 0 aromatic heterocycles. The van der Waals surface area contributed by atoms with E-state index in [-0.39, 0.29) is 17.6 Å². The molecule has 1 aliphatic rings. The van der Waals surface area contributed by atoms with Crippen LogP contribution in [0.15, 0.2) is 60.7 Å². The Hall–Kier alpha value is -3.19. The molecule has 2 N–H and O–H groups in total. The van der Waals surface area contributed by atoms with Gasteiger partial charge in [0.1, 0.15) is 12.1 Å². The van der Waals surface area contributed by atoms with Crippen molar-refractivity contribution in [3.8, 4) is 0 Å². The lowest BCUT2D eigenvalue weighted by atomic mass is 9.90. The van der Waals surface area contributed by atoms with E-state index in [0.717, 1.165) is 25.1 Å². The van der Waals surface area contributed by atoms with Gasteiger partial charge in [0.25, 0.3) is 5.91 Å². The summed E-state index contributed by atoms with van der Waals surface area (Å²) in [5.41, 5.74) is 1.87. The van der Waals surface area contributed by atoms with Gasteiger partial charge < -0.3 is 15.4 Å². The van der Waals surface area contributed by atoms with Crippen LogP contribution in [0.2, 0.25) is 0 Å². The molecular formula is C29H39N3O4. The number of hydrogen-bond donors (Lipinski definition) is 2. The maximum Gasteiger partial charge on any atom is 0.408 e. The predicted octanol–water partition coefficient (Wildman–Crippen LogP) is 4.63. The number of nitrogens with zero attached hydrogens (tertiary/aromatic N) is 1. The van der Waals surface area contributed by atoms with E-state index in [1.165, 1.54) is 5.56 Å². The molecule has 7 nitrogen and oxygen atoms in total. The Morgan fingerprint density at radius 1 is 1.03 bits per heavy atom. The van der Waals surface area contributed by atoms with Crippen LogP contribution in [-0.4, -0.2) is 47.9 Å². The molecule has 36 heavy (non-hydrogen) atoms. The number of ketones is 1. The van der Waals surface area contributed by atoms with E-state index in [0.29, 0.717) is 19.4 Å². The minimum Gasteiger partial charge on any atom is -0.444 e. The Balaban J connectivity index is 1.58. The number of ether oxygens (including phenoxy) is 1. The Bertz CT molecular complexity index is 1010. The molecule has 2 amide bonds. The highest BCUT2D eigenvalue weighted by atomic mass is 16.6. The van der Waals surface area contributed by atoms with Crippen molar-refractivity contribution in [2.75, 3.05) is 13.1 Å². The molecule has 1 saturated heterocycles. The number of alkyl carbamates (subject to hydrolysis) is 1. The van der Waals surface area contributed by atoms with E-state index in [2.05, 4.69) is 41.5 Å². The second-order valence-electron chi connectivity index (χ2n) is 10.3. The molecule has 7 heteroatoms. The summed E-state index contributed by atoms with van der Waals surface area (Å²) < 4.78 is 5.81. The van der Waals surface area contributed by atoms with Crippen molar-refractivity contribution in [2.45, 2.75) is 71.7 Å². The number of hydrogen-bond acceptors (Lipinski definition) is 5. The normalized spacial score (nSPS) is 18.7. The zero-order valence-corrected chi connectivity index (χ0v) is 21.8. The molecule has 194 valence electrons. The highest BCUT2D eigenvalue weighted by molar-refractivity contribution is 6.38. The maximum absolute atomic E-state index is 13.0. The molecule has 2 aromatic rings. The number of amides is 2. The number of benzene rings is 2. The fourth-order valence-electron chi connectivity index (χ4n) is 4.62. The SMILES string of the molecule is CCCCC(NC(=O)O[C@@H]1CN(Cc2ccccc2)CC1(C)C)C(=O)C(=O)N[C@H](C)c1ccccc1. The highest BCUT2D eigenvalue weighted by Gasteiger charge is 2.42. The summed E-state index contributed by atoms with van der Waals surface area (Å²) in [6, 6.07) is 18.4. The van der Waals surface area contributed by atoms with Crippen molar-refractivity contribution in [2.24, 2.45) is 5.41 Å². The van der Waals surface area contributed by atoms with Crippen molar-refractivity contribution in [3.63, 3.8) is 0 Å². The number of likely N-dealkylation sites (tertiary alicyclic amines) is 1. The lowest BCUT2D eigenvalue weighted by Gasteiger charge is -2.26. The van der Waals surface area contributed by atoms with Crippen molar-refractivity contribution in [3.05, 3.63) is 71.8 Å². The summed E-state index contributed by atoms with van der Waals surface area (Å²) >= 11 is 0. The molecule has 0 bridgehead atoms. The van der Waals surface area contributed by atoms with Gasteiger partial charge >= 0.3 is 6.09 Å². The van der Waals surface area contributed by atoms with Crippen LogP contribution in [0.1, 0.15) is 64.1 Å². The van der Waals surface area contributed by atoms with E-state index in [1.54, 1.807) is 0 Å². The number of carbonyl (C=O) groups is 3. The molecule has 3 atom stereocenters. The van der Waals surface area contributed by atoms with E-state index < -0.39 is 23.8 Å². The molecule has 0 radical (unpaired) electrons. The third-order valence-corrected chi connectivity index (χ3v) is 6.75. The topological polar surface area (TPSA) is 87.7 Å². The molecule has 2 aromatic carbocycles. The Kier molecular flexibility index (Phi) is 9.65. The van der Waals surface area contributed by atoms with Gasteiger partial charge in [0.15, 0.2) is 0 Å². The average Bonchev–Trinajstić information content (AvgIpc) is 3.14. The largest absolute Gasteiger partial charge is 0.444 e. The van der Waals surface area contributed by atoms with Gasteiger partial charge in [-0.3, -0.25) is 14.5 Å². The number of unbranched alkanes of at least 4 members (excludes halogenated alkanes) is 1. The lowest BCUT2D eigenvalue weighted by molar-refractivity contribution is -0.139. The number of carbonyl (C=O) groups excluding carboxylic acids is 3. The molecule has 0 aliphatic carbocycles. The quantitative estimate of drug-likeness (QED) is 0.446. The molecule has 1 unspecified atom stereocenters. The summed E-state index contributed by atoms with van der Waals surface area (Å²) in [6.07, 6.45) is 0.944. The number of Topliss-reactive ketones (excluding diaryl/α,β-unsaturated/α-hetero) is 1. The van der Waals surface area contributed by atoms with Gasteiger partial charge in [0.05, 0.1) is 6.04 Å². The molecule has 0 saturated carbocycles. The van der Waals surface area contributed by atoms with Crippen LogP contribution >= 0.6 is 0 Å². The fraction of sp³-hybridized carbons (Fsp3) is 0.483. The molecular weight excluding hydrogens is 454 g/mol. The van der Waals surface area contributed by atoms with E-state index in [4.69, 9.17) is 4.74 Å². The van der Waals surface area contributed by atoms with Crippen LogP contribution in [-0.2, 0) is 20.9 Å². The first-order chi connectivity index (χ1) is 17.2. The van der Waals surface area contributed by atoms with Crippen LogP contribution in [0.3, 0.4) is 0 Å². The third-order valence-electron chi connectivity index (χ3n) is 6.75. The maximum atomic E-state index is 13.0. The second-order valence-corrected chi connectivity index (χ2v) is 10.3. The second kappa shape index (κ2) is 12.7. The van der Waals surface area contributed by atoms with Crippen LogP contribution in [0.5, 0.6) is 0 Å². The first kappa shape index (κ1) is 27.4. The van der Waals surface area contributed by atoms with Gasteiger partial charge in [-0.15, -0.1) is 0 Å². The molecule has 0 spiro atoms. The van der Waals surface area contributed by atoms with E-state index >= 15 is 0 Å². The third kappa shape index (κ3) is 7.65. The van der Waals surface area contributed by atoms with Crippen LogP contribution in [0, 0.1) is 5.41 Å². The smallest absolute Gasteiger partial charge is 0.408 e. The first-order valence-corrected chi connectivity index (χ1v) is 12.8. The zero-order chi connectivity index (χ0) is 26.1. The zero-order valence-electron chi connectivity index (χ0n) is 21.8. The highest BCUT2D eigenvalue weighted by Crippen LogP contribution is 2.33. The first-order valence-electron chi connectivity index (χ1n) is 12.8. The van der Waals surface area contributed by atoms with Crippen LogP contribution < -0.4 is 10.6 Å². The Morgan fingerprint density at radius 2 is 1.67 bits per heavy atom. The minimum atomic E-state index is -0.926. The Morgan fingerprint density at radius 3 is 2.31 bits per heavy atom. The molecule has 1 fully saturated rings. The number of nitrogens with one attached hydrogen (secondary N) is 2. The molecule has 1 heterocycles. The van der Waals surface area contributed by atoms with Gasteiger partial charge in [-0.1, -0.05) is 94.3 Å². The summed E-state index contributed by atoms with van der Waals surface area (Å²) in [4.78, 5) is 40.8. The fourth-order valence-corrected chi connectivity index (χ4v) is 4.62. The van der Waals surface area contributed by atoms with Crippen molar-refractivity contribution >= 4 is 17.8 Å². The van der Waals surface area contributed by atoms with Crippen LogP contribution in [0.25, 0.3) is 0 Å². The average molecular weight is 494 g/mol. The van der Waals surface area contributed by atoms with Crippen LogP contribution in [0.4, 0.5) is 4.79 Å². The van der Waals surface area contributed by atoms with Gasteiger partial charge in [-0.2, -0.15) is 0 Å². The number of rotatable bonds is 11. The van der Waals surface area contributed by atoms with Gasteiger partial charge in [0, 0.05) is 25.0 Å². The van der Waals surface area contributed by atoms with Crippen molar-refractivity contribution in [1.82, 2.24) is 15.5 Å². The summed E-state index contributed by atoms with van der Waals surface area (Å²) in [5.74, 6) is -1.36. The lowest BCUT2D eigenvalue weighted by Crippen LogP contribution is -2.49. The summed E-state index contributed by atoms with van der Waals surface area (Å²) in [5, 5.41) is 5.44. The van der Waals surface area contributed by atoms with E-state index in [9.17, 15) is 14.4 Å². The van der Waals surface area contributed by atoms with E-state index in [1.807, 2.05) is 62.4 Å². The summed E-state index contributed by atoms with van der Waals surface area (Å²) in [6.45, 7) is 10.2.